The highest BCUT2D eigenvalue weighted by atomic mass is 16.2. The zero-order valence-electron chi connectivity index (χ0n) is 14.9. The summed E-state index contributed by atoms with van der Waals surface area (Å²) in [7, 11) is 0. The van der Waals surface area contributed by atoms with Crippen molar-refractivity contribution in [3.05, 3.63) is 66.0 Å². The van der Waals surface area contributed by atoms with Gasteiger partial charge in [0.1, 0.15) is 0 Å². The second kappa shape index (κ2) is 9.13. The molecule has 0 unspecified atom stereocenters. The molecule has 0 bridgehead atoms. The zero-order chi connectivity index (χ0) is 18.2. The summed E-state index contributed by atoms with van der Waals surface area (Å²) in [5.41, 5.74) is 1.82. The monoisotopic (exact) mass is 351 g/mol. The fourth-order valence-corrected chi connectivity index (χ4v) is 3.26. The lowest BCUT2D eigenvalue weighted by Gasteiger charge is -2.32. The minimum absolute atomic E-state index is 0.0449. The van der Waals surface area contributed by atoms with Crippen LogP contribution in [0, 0.1) is 5.92 Å². The summed E-state index contributed by atoms with van der Waals surface area (Å²) in [5, 5.41) is 3.05. The number of aromatic nitrogens is 1. The lowest BCUT2D eigenvalue weighted by Crippen LogP contribution is -2.41. The number of nitrogens with one attached hydrogen (secondary N) is 1. The number of amides is 2. The van der Waals surface area contributed by atoms with E-state index >= 15 is 0 Å². The van der Waals surface area contributed by atoms with Crippen LogP contribution in [0.15, 0.2) is 54.9 Å². The summed E-state index contributed by atoms with van der Waals surface area (Å²) >= 11 is 0. The molecule has 1 aromatic carbocycles. The van der Waals surface area contributed by atoms with Crippen LogP contribution in [-0.4, -0.2) is 41.3 Å². The Hall–Kier alpha value is -2.69. The number of likely N-dealkylation sites (tertiary alicyclic amines) is 1. The molecule has 26 heavy (non-hydrogen) atoms. The van der Waals surface area contributed by atoms with Gasteiger partial charge in [-0.25, -0.2) is 0 Å². The molecular weight excluding hydrogens is 326 g/mol. The number of aryl methyl sites for hydroxylation is 1. The number of benzene rings is 1. The molecule has 1 aromatic heterocycles. The quantitative estimate of drug-likeness (QED) is 0.870. The Morgan fingerprint density at radius 1 is 1.08 bits per heavy atom. The summed E-state index contributed by atoms with van der Waals surface area (Å²) in [6, 6.07) is 13.6. The molecule has 0 atom stereocenters. The number of piperidine rings is 1. The van der Waals surface area contributed by atoms with Crippen molar-refractivity contribution in [2.75, 3.05) is 19.6 Å². The van der Waals surface area contributed by atoms with Gasteiger partial charge in [-0.15, -0.1) is 0 Å². The van der Waals surface area contributed by atoms with Crippen molar-refractivity contribution in [1.29, 1.82) is 0 Å². The van der Waals surface area contributed by atoms with E-state index in [1.165, 1.54) is 5.56 Å². The molecule has 1 saturated heterocycles. The molecule has 2 amide bonds. The van der Waals surface area contributed by atoms with Crippen molar-refractivity contribution in [1.82, 2.24) is 15.2 Å². The van der Waals surface area contributed by atoms with E-state index in [1.807, 2.05) is 35.2 Å². The second-order valence-electron chi connectivity index (χ2n) is 6.77. The van der Waals surface area contributed by atoms with Gasteiger partial charge in [0.25, 0.3) is 5.91 Å². The normalized spacial score (nSPS) is 14.8. The maximum atomic E-state index is 12.4. The van der Waals surface area contributed by atoms with Gasteiger partial charge in [-0.2, -0.15) is 0 Å². The third-order valence-electron chi connectivity index (χ3n) is 4.88. The third kappa shape index (κ3) is 5.15. The van der Waals surface area contributed by atoms with Crippen LogP contribution in [0.2, 0.25) is 0 Å². The van der Waals surface area contributed by atoms with Crippen LogP contribution in [0.1, 0.15) is 35.2 Å². The van der Waals surface area contributed by atoms with E-state index in [0.29, 0.717) is 24.4 Å². The van der Waals surface area contributed by atoms with Crippen LogP contribution in [-0.2, 0) is 11.2 Å². The Bertz CT molecular complexity index is 711. The second-order valence-corrected chi connectivity index (χ2v) is 6.77. The maximum absolute atomic E-state index is 12.4. The van der Waals surface area contributed by atoms with Crippen LogP contribution in [0.25, 0.3) is 0 Å². The number of hydrogen-bond donors (Lipinski definition) is 1. The van der Waals surface area contributed by atoms with Crippen LogP contribution < -0.4 is 5.32 Å². The lowest BCUT2D eigenvalue weighted by atomic mass is 9.96. The molecule has 1 aliphatic rings. The van der Waals surface area contributed by atoms with Gasteiger partial charge in [-0.1, -0.05) is 30.3 Å². The first-order valence-electron chi connectivity index (χ1n) is 9.22. The van der Waals surface area contributed by atoms with Gasteiger partial charge in [0.15, 0.2) is 0 Å². The van der Waals surface area contributed by atoms with E-state index < -0.39 is 0 Å². The van der Waals surface area contributed by atoms with Gasteiger partial charge >= 0.3 is 0 Å². The van der Waals surface area contributed by atoms with Crippen molar-refractivity contribution in [3.8, 4) is 0 Å². The lowest BCUT2D eigenvalue weighted by molar-refractivity contribution is -0.121. The fraction of sp³-hybridized carbons (Fsp3) is 0.381. The van der Waals surface area contributed by atoms with Gasteiger partial charge in [0, 0.05) is 38.4 Å². The highest BCUT2D eigenvalue weighted by Crippen LogP contribution is 2.18. The van der Waals surface area contributed by atoms with Crippen LogP contribution in [0.5, 0.6) is 0 Å². The Morgan fingerprint density at radius 3 is 2.54 bits per heavy atom. The summed E-state index contributed by atoms with van der Waals surface area (Å²) < 4.78 is 0. The van der Waals surface area contributed by atoms with E-state index in [9.17, 15) is 9.59 Å². The molecule has 0 radical (unpaired) electrons. The molecule has 2 heterocycles. The number of rotatable bonds is 6. The van der Waals surface area contributed by atoms with E-state index in [-0.39, 0.29) is 11.8 Å². The number of carbonyl (C=O) groups excluding carboxylic acids is 2. The highest BCUT2D eigenvalue weighted by molar-refractivity contribution is 5.93. The Kier molecular flexibility index (Phi) is 6.36. The van der Waals surface area contributed by atoms with Crippen LogP contribution in [0.4, 0.5) is 0 Å². The molecule has 3 rings (SSSR count). The van der Waals surface area contributed by atoms with Gasteiger partial charge in [0.2, 0.25) is 5.91 Å². The minimum atomic E-state index is 0.0449. The Morgan fingerprint density at radius 2 is 1.85 bits per heavy atom. The highest BCUT2D eigenvalue weighted by Gasteiger charge is 2.23. The van der Waals surface area contributed by atoms with E-state index in [0.717, 1.165) is 32.4 Å². The standard InChI is InChI=1S/C21H25N3O2/c25-20(9-8-17-5-2-1-3-6-17)23-15-18-10-13-24(14-11-18)21(26)19-7-4-12-22-16-19/h1-7,12,16,18H,8-11,13-15H2,(H,23,25). The molecule has 5 heteroatoms. The summed E-state index contributed by atoms with van der Waals surface area (Å²) in [6.45, 7) is 2.17. The van der Waals surface area contributed by atoms with E-state index in [1.54, 1.807) is 24.5 Å². The molecule has 136 valence electrons. The predicted molar refractivity (Wildman–Crippen MR) is 101 cm³/mol. The molecule has 5 nitrogen and oxygen atoms in total. The predicted octanol–water partition coefficient (Wildman–Crippen LogP) is 2.68. The number of carbonyl (C=O) groups is 2. The van der Waals surface area contributed by atoms with Gasteiger partial charge in [-0.05, 0) is 42.9 Å². The van der Waals surface area contributed by atoms with Crippen LogP contribution >= 0.6 is 0 Å². The third-order valence-corrected chi connectivity index (χ3v) is 4.88. The van der Waals surface area contributed by atoms with Crippen LogP contribution in [0.3, 0.4) is 0 Å². The number of pyridine rings is 1. The van der Waals surface area contributed by atoms with Crippen molar-refractivity contribution in [3.63, 3.8) is 0 Å². The first-order chi connectivity index (χ1) is 12.7. The zero-order valence-corrected chi connectivity index (χ0v) is 14.9. The van der Waals surface area contributed by atoms with Crippen molar-refractivity contribution < 1.29 is 9.59 Å². The number of hydrogen-bond acceptors (Lipinski definition) is 3. The molecule has 2 aromatic rings. The average Bonchev–Trinajstić information content (AvgIpc) is 2.72. The summed E-state index contributed by atoms with van der Waals surface area (Å²) in [5.74, 6) is 0.583. The summed E-state index contributed by atoms with van der Waals surface area (Å²) in [6.07, 6.45) is 6.41. The molecule has 1 aliphatic heterocycles. The Labute approximate surface area is 154 Å². The van der Waals surface area contributed by atoms with Crippen molar-refractivity contribution in [2.24, 2.45) is 5.92 Å². The SMILES string of the molecule is O=C(CCc1ccccc1)NCC1CCN(C(=O)c2cccnc2)CC1. The molecule has 0 aliphatic carbocycles. The van der Waals surface area contributed by atoms with E-state index in [4.69, 9.17) is 0 Å². The van der Waals surface area contributed by atoms with Crippen molar-refractivity contribution >= 4 is 11.8 Å². The van der Waals surface area contributed by atoms with Crippen molar-refractivity contribution in [2.45, 2.75) is 25.7 Å². The van der Waals surface area contributed by atoms with Gasteiger partial charge in [-0.3, -0.25) is 14.6 Å². The molecular formula is C21H25N3O2. The molecule has 0 spiro atoms. The van der Waals surface area contributed by atoms with Gasteiger partial charge < -0.3 is 10.2 Å². The maximum Gasteiger partial charge on any atom is 0.255 e. The van der Waals surface area contributed by atoms with Gasteiger partial charge in [0.05, 0.1) is 5.56 Å². The van der Waals surface area contributed by atoms with E-state index in [2.05, 4.69) is 10.3 Å². The largest absolute Gasteiger partial charge is 0.356 e. The smallest absolute Gasteiger partial charge is 0.255 e. The first kappa shape index (κ1) is 18.1. The fourth-order valence-electron chi connectivity index (χ4n) is 3.26. The average molecular weight is 351 g/mol. The number of nitrogens with zero attached hydrogens (tertiary/aromatic N) is 2. The topological polar surface area (TPSA) is 62.3 Å². The first-order valence-corrected chi connectivity index (χ1v) is 9.22. The molecule has 0 saturated carbocycles. The summed E-state index contributed by atoms with van der Waals surface area (Å²) in [4.78, 5) is 30.3. The molecule has 1 N–H and O–H groups in total. The minimum Gasteiger partial charge on any atom is -0.356 e. The Balaban J connectivity index is 1.36. The molecule has 1 fully saturated rings.